The highest BCUT2D eigenvalue weighted by atomic mass is 16.5. The molecule has 0 radical (unpaired) electrons. The predicted octanol–water partition coefficient (Wildman–Crippen LogP) is 2.10. The molecule has 4 heteroatoms. The summed E-state index contributed by atoms with van der Waals surface area (Å²) in [6.45, 7) is 4.00. The Morgan fingerprint density at radius 3 is 2.45 bits per heavy atom. The van der Waals surface area contributed by atoms with Crippen molar-refractivity contribution in [2.45, 2.75) is 51.7 Å². The summed E-state index contributed by atoms with van der Waals surface area (Å²) in [7, 11) is 0. The molecule has 0 spiro atoms. The molecule has 0 atom stereocenters. The van der Waals surface area contributed by atoms with E-state index in [1.54, 1.807) is 0 Å². The SMILES string of the molecule is Cc1cccc(C)c1OCC(=O)NC1CCC(O)CC1. The molecule has 2 N–H and O–H groups in total. The van der Waals surface area contributed by atoms with Crippen LogP contribution in [-0.2, 0) is 4.79 Å². The number of amides is 1. The molecule has 0 aliphatic heterocycles. The van der Waals surface area contributed by atoms with Crippen molar-refractivity contribution in [1.82, 2.24) is 5.32 Å². The van der Waals surface area contributed by atoms with Gasteiger partial charge in [-0.3, -0.25) is 4.79 Å². The van der Waals surface area contributed by atoms with Crippen molar-refractivity contribution in [2.24, 2.45) is 0 Å². The maximum Gasteiger partial charge on any atom is 0.258 e. The second-order valence-corrected chi connectivity index (χ2v) is 5.58. The molecule has 2 rings (SSSR count). The van der Waals surface area contributed by atoms with Gasteiger partial charge in [0.25, 0.3) is 5.91 Å². The molecule has 0 unspecified atom stereocenters. The Balaban J connectivity index is 1.80. The van der Waals surface area contributed by atoms with Gasteiger partial charge in [-0.25, -0.2) is 0 Å². The number of aliphatic hydroxyl groups is 1. The number of carbonyl (C=O) groups is 1. The average molecular weight is 277 g/mol. The average Bonchev–Trinajstić information content (AvgIpc) is 2.41. The number of hydrogen-bond acceptors (Lipinski definition) is 3. The number of rotatable bonds is 4. The van der Waals surface area contributed by atoms with Crippen LogP contribution in [0.2, 0.25) is 0 Å². The minimum absolute atomic E-state index is 0.0464. The Morgan fingerprint density at radius 1 is 1.25 bits per heavy atom. The van der Waals surface area contributed by atoms with Crippen molar-refractivity contribution in [3.05, 3.63) is 29.3 Å². The predicted molar refractivity (Wildman–Crippen MR) is 77.8 cm³/mol. The quantitative estimate of drug-likeness (QED) is 0.886. The fourth-order valence-corrected chi connectivity index (χ4v) is 2.65. The van der Waals surface area contributed by atoms with E-state index in [-0.39, 0.29) is 24.7 Å². The van der Waals surface area contributed by atoms with E-state index in [2.05, 4.69) is 5.32 Å². The molecule has 0 aromatic heterocycles. The summed E-state index contributed by atoms with van der Waals surface area (Å²) in [4.78, 5) is 11.9. The van der Waals surface area contributed by atoms with Crippen molar-refractivity contribution >= 4 is 5.91 Å². The van der Waals surface area contributed by atoms with Crippen LogP contribution in [0.3, 0.4) is 0 Å². The molecule has 1 aliphatic carbocycles. The zero-order chi connectivity index (χ0) is 14.5. The lowest BCUT2D eigenvalue weighted by molar-refractivity contribution is -0.124. The molecular weight excluding hydrogens is 254 g/mol. The van der Waals surface area contributed by atoms with Gasteiger partial charge in [-0.1, -0.05) is 18.2 Å². The van der Waals surface area contributed by atoms with Crippen LogP contribution in [-0.4, -0.2) is 29.8 Å². The number of aliphatic hydroxyl groups excluding tert-OH is 1. The van der Waals surface area contributed by atoms with Gasteiger partial charge in [0.15, 0.2) is 6.61 Å². The van der Waals surface area contributed by atoms with Crippen molar-refractivity contribution < 1.29 is 14.6 Å². The molecule has 1 amide bonds. The molecule has 1 aromatic rings. The molecule has 1 aromatic carbocycles. The van der Waals surface area contributed by atoms with Gasteiger partial charge in [0, 0.05) is 6.04 Å². The highest BCUT2D eigenvalue weighted by molar-refractivity contribution is 5.77. The van der Waals surface area contributed by atoms with Crippen LogP contribution in [0.4, 0.5) is 0 Å². The monoisotopic (exact) mass is 277 g/mol. The molecular formula is C16H23NO3. The second-order valence-electron chi connectivity index (χ2n) is 5.58. The summed E-state index contributed by atoms with van der Waals surface area (Å²) in [5.41, 5.74) is 2.08. The maximum absolute atomic E-state index is 11.9. The van der Waals surface area contributed by atoms with E-state index in [0.29, 0.717) is 0 Å². The van der Waals surface area contributed by atoms with Gasteiger partial charge < -0.3 is 15.2 Å². The van der Waals surface area contributed by atoms with E-state index in [9.17, 15) is 9.90 Å². The third kappa shape index (κ3) is 3.97. The number of nitrogens with one attached hydrogen (secondary N) is 1. The molecule has 0 bridgehead atoms. The van der Waals surface area contributed by atoms with Crippen LogP contribution in [0, 0.1) is 13.8 Å². The molecule has 1 fully saturated rings. The van der Waals surface area contributed by atoms with Crippen LogP contribution < -0.4 is 10.1 Å². The Morgan fingerprint density at radius 2 is 1.85 bits per heavy atom. The van der Waals surface area contributed by atoms with E-state index >= 15 is 0 Å². The van der Waals surface area contributed by atoms with Crippen LogP contribution in [0.1, 0.15) is 36.8 Å². The second kappa shape index (κ2) is 6.75. The standard InChI is InChI=1S/C16H23NO3/c1-11-4-3-5-12(2)16(11)20-10-15(19)17-13-6-8-14(18)9-7-13/h3-5,13-14,18H,6-10H2,1-2H3,(H,17,19). The number of ether oxygens (including phenoxy) is 1. The fraction of sp³-hybridized carbons (Fsp3) is 0.562. The number of hydrogen-bond donors (Lipinski definition) is 2. The lowest BCUT2D eigenvalue weighted by Crippen LogP contribution is -2.40. The number of para-hydroxylation sites is 1. The smallest absolute Gasteiger partial charge is 0.258 e. The first-order valence-corrected chi connectivity index (χ1v) is 7.22. The van der Waals surface area contributed by atoms with E-state index in [0.717, 1.165) is 42.6 Å². The first-order chi connectivity index (χ1) is 9.56. The zero-order valence-corrected chi connectivity index (χ0v) is 12.2. The van der Waals surface area contributed by atoms with Gasteiger partial charge >= 0.3 is 0 Å². The Labute approximate surface area is 120 Å². The van der Waals surface area contributed by atoms with Gasteiger partial charge in [0.05, 0.1) is 6.10 Å². The number of aryl methyl sites for hydroxylation is 2. The van der Waals surface area contributed by atoms with Gasteiger partial charge in [-0.15, -0.1) is 0 Å². The Kier molecular flexibility index (Phi) is 5.01. The summed E-state index contributed by atoms with van der Waals surface area (Å²) in [6, 6.07) is 6.10. The van der Waals surface area contributed by atoms with Crippen LogP contribution >= 0.6 is 0 Å². The molecule has 0 heterocycles. The van der Waals surface area contributed by atoms with Crippen LogP contribution in [0.25, 0.3) is 0 Å². The van der Waals surface area contributed by atoms with Gasteiger partial charge in [-0.2, -0.15) is 0 Å². The lowest BCUT2D eigenvalue weighted by atomic mass is 9.93. The summed E-state index contributed by atoms with van der Waals surface area (Å²) < 4.78 is 5.63. The maximum atomic E-state index is 11.9. The largest absolute Gasteiger partial charge is 0.483 e. The van der Waals surface area contributed by atoms with Crippen molar-refractivity contribution in [1.29, 1.82) is 0 Å². The summed E-state index contributed by atoms with van der Waals surface area (Å²) >= 11 is 0. The third-order valence-electron chi connectivity index (χ3n) is 3.82. The highest BCUT2D eigenvalue weighted by Crippen LogP contribution is 2.22. The first kappa shape index (κ1) is 14.9. The molecule has 110 valence electrons. The van der Waals surface area contributed by atoms with Crippen molar-refractivity contribution in [2.75, 3.05) is 6.61 Å². The highest BCUT2D eigenvalue weighted by Gasteiger charge is 2.20. The first-order valence-electron chi connectivity index (χ1n) is 7.22. The van der Waals surface area contributed by atoms with E-state index < -0.39 is 0 Å². The van der Waals surface area contributed by atoms with E-state index in [1.165, 1.54) is 0 Å². The molecule has 20 heavy (non-hydrogen) atoms. The minimum Gasteiger partial charge on any atom is -0.483 e. The molecule has 0 saturated heterocycles. The fourth-order valence-electron chi connectivity index (χ4n) is 2.65. The van der Waals surface area contributed by atoms with Crippen LogP contribution in [0.5, 0.6) is 5.75 Å². The Hall–Kier alpha value is -1.55. The van der Waals surface area contributed by atoms with Gasteiger partial charge in [-0.05, 0) is 50.7 Å². The summed E-state index contributed by atoms with van der Waals surface area (Å²) in [5, 5.41) is 12.4. The summed E-state index contributed by atoms with van der Waals surface area (Å²) in [6.07, 6.45) is 3.02. The Bertz CT molecular complexity index is 445. The van der Waals surface area contributed by atoms with Crippen molar-refractivity contribution in [3.63, 3.8) is 0 Å². The molecule has 1 aliphatic rings. The molecule has 4 nitrogen and oxygen atoms in total. The van der Waals surface area contributed by atoms with E-state index in [1.807, 2.05) is 32.0 Å². The van der Waals surface area contributed by atoms with Gasteiger partial charge in [0.1, 0.15) is 5.75 Å². The third-order valence-corrected chi connectivity index (χ3v) is 3.82. The number of carbonyl (C=O) groups excluding carboxylic acids is 1. The van der Waals surface area contributed by atoms with Crippen LogP contribution in [0.15, 0.2) is 18.2 Å². The van der Waals surface area contributed by atoms with Crippen molar-refractivity contribution in [3.8, 4) is 5.75 Å². The lowest BCUT2D eigenvalue weighted by Gasteiger charge is -2.26. The topological polar surface area (TPSA) is 58.6 Å². The minimum atomic E-state index is -0.200. The zero-order valence-electron chi connectivity index (χ0n) is 12.2. The molecule has 1 saturated carbocycles. The summed E-state index contributed by atoms with van der Waals surface area (Å²) in [5.74, 6) is 0.704. The van der Waals surface area contributed by atoms with Gasteiger partial charge in [0.2, 0.25) is 0 Å². The number of benzene rings is 1. The normalized spacial score (nSPS) is 22.4. The van der Waals surface area contributed by atoms with E-state index in [4.69, 9.17) is 4.74 Å².